The van der Waals surface area contributed by atoms with Crippen molar-refractivity contribution in [1.82, 2.24) is 24.8 Å². The van der Waals surface area contributed by atoms with E-state index in [2.05, 4.69) is 51.8 Å². The SMILES string of the molecule is Cn1cc([C@H]2C[C@@H]2c2c(C(=O)O)cnn2-c2cccc(-c3cccc(OCc4ccc(-c5ccccc5)cc4)c3)c2)nn1. The monoisotopic (exact) mass is 567 g/mol. The molecule has 0 aliphatic heterocycles. The normalized spacial score (nSPS) is 15.7. The number of carboxylic acid groups (broad SMARTS) is 1. The van der Waals surface area contributed by atoms with Crippen molar-refractivity contribution in [3.63, 3.8) is 0 Å². The average Bonchev–Trinajstić information content (AvgIpc) is 3.49. The van der Waals surface area contributed by atoms with E-state index < -0.39 is 5.97 Å². The number of aromatic nitrogens is 5. The summed E-state index contributed by atoms with van der Waals surface area (Å²) >= 11 is 0. The lowest BCUT2D eigenvalue weighted by Gasteiger charge is -2.12. The van der Waals surface area contributed by atoms with Crippen LogP contribution in [0.5, 0.6) is 5.75 Å². The number of nitrogens with zero attached hydrogens (tertiary/aromatic N) is 5. The van der Waals surface area contributed by atoms with Crippen LogP contribution in [0, 0.1) is 0 Å². The second-order valence-corrected chi connectivity index (χ2v) is 10.9. The Morgan fingerprint density at radius 3 is 2.33 bits per heavy atom. The summed E-state index contributed by atoms with van der Waals surface area (Å²) in [6, 6.07) is 34.7. The highest BCUT2D eigenvalue weighted by Gasteiger charge is 2.46. The predicted octanol–water partition coefficient (Wildman–Crippen LogP) is 6.88. The first-order valence-electron chi connectivity index (χ1n) is 14.2. The highest BCUT2D eigenvalue weighted by Crippen LogP contribution is 2.55. The zero-order chi connectivity index (χ0) is 29.3. The molecule has 1 fully saturated rings. The molecule has 1 aliphatic carbocycles. The highest BCUT2D eigenvalue weighted by atomic mass is 16.5. The molecule has 43 heavy (non-hydrogen) atoms. The van der Waals surface area contributed by atoms with E-state index in [0.29, 0.717) is 12.3 Å². The maximum Gasteiger partial charge on any atom is 0.339 e. The first kappa shape index (κ1) is 26.4. The van der Waals surface area contributed by atoms with Gasteiger partial charge in [-0.1, -0.05) is 84.1 Å². The molecule has 2 aromatic heterocycles. The third-order valence-corrected chi connectivity index (χ3v) is 7.90. The molecule has 1 saturated carbocycles. The molecular formula is C35H29N5O3. The minimum atomic E-state index is -0.984. The van der Waals surface area contributed by atoms with E-state index in [1.165, 1.54) is 17.3 Å². The summed E-state index contributed by atoms with van der Waals surface area (Å²) in [7, 11) is 1.83. The van der Waals surface area contributed by atoms with Crippen LogP contribution in [0.15, 0.2) is 116 Å². The lowest BCUT2D eigenvalue weighted by molar-refractivity contribution is 0.0695. The molecule has 2 heterocycles. The van der Waals surface area contributed by atoms with E-state index in [1.54, 1.807) is 9.36 Å². The molecule has 0 spiro atoms. The zero-order valence-electron chi connectivity index (χ0n) is 23.5. The van der Waals surface area contributed by atoms with Gasteiger partial charge < -0.3 is 9.84 Å². The highest BCUT2D eigenvalue weighted by molar-refractivity contribution is 5.89. The zero-order valence-corrected chi connectivity index (χ0v) is 23.5. The summed E-state index contributed by atoms with van der Waals surface area (Å²) in [5.74, 6) is -0.0872. The fraction of sp³-hybridized carbons (Fsp3) is 0.143. The molecule has 7 rings (SSSR count). The standard InChI is InChI=1S/C35H29N5O3/c1-39-21-33(37-38-39)30-19-31(30)34-32(35(41)42)20-36-40(34)28-11-5-9-26(17-28)27-10-6-12-29(18-27)43-22-23-13-15-25(16-14-23)24-7-3-2-4-8-24/h2-18,20-21,30-31H,19,22H2,1H3,(H,41,42)/t30-,31-/m0/s1. The van der Waals surface area contributed by atoms with Crippen molar-refractivity contribution >= 4 is 5.97 Å². The van der Waals surface area contributed by atoms with E-state index >= 15 is 0 Å². The van der Waals surface area contributed by atoms with Crippen LogP contribution in [0.3, 0.4) is 0 Å². The molecule has 8 heteroatoms. The molecule has 2 atom stereocenters. The van der Waals surface area contributed by atoms with Gasteiger partial charge in [-0.05, 0) is 58.5 Å². The molecular weight excluding hydrogens is 538 g/mol. The number of carbonyl (C=O) groups is 1. The summed E-state index contributed by atoms with van der Waals surface area (Å²) in [6.07, 6.45) is 4.14. The summed E-state index contributed by atoms with van der Waals surface area (Å²) in [4.78, 5) is 12.1. The van der Waals surface area contributed by atoms with E-state index in [0.717, 1.165) is 40.2 Å². The number of hydrogen-bond donors (Lipinski definition) is 1. The van der Waals surface area contributed by atoms with E-state index in [4.69, 9.17) is 4.74 Å². The predicted molar refractivity (Wildman–Crippen MR) is 163 cm³/mol. The van der Waals surface area contributed by atoms with Crippen LogP contribution in [-0.2, 0) is 13.7 Å². The summed E-state index contributed by atoms with van der Waals surface area (Å²) < 4.78 is 9.59. The Morgan fingerprint density at radius 1 is 0.860 bits per heavy atom. The quantitative estimate of drug-likeness (QED) is 0.205. The molecule has 0 saturated heterocycles. The van der Waals surface area contributed by atoms with Gasteiger partial charge in [-0.15, -0.1) is 5.10 Å². The Labute approximate surface area is 248 Å². The first-order chi connectivity index (χ1) is 21.0. The summed E-state index contributed by atoms with van der Waals surface area (Å²) in [5, 5.41) is 22.7. The number of rotatable bonds is 9. The number of ether oxygens (including phenoxy) is 1. The minimum absolute atomic E-state index is 0.00689. The molecule has 1 aliphatic rings. The average molecular weight is 568 g/mol. The molecule has 1 N–H and O–H groups in total. The van der Waals surface area contributed by atoms with E-state index in [9.17, 15) is 9.90 Å². The first-order valence-corrected chi connectivity index (χ1v) is 14.2. The van der Waals surface area contributed by atoms with Crippen molar-refractivity contribution < 1.29 is 14.6 Å². The maximum atomic E-state index is 12.1. The topological polar surface area (TPSA) is 95.1 Å². The van der Waals surface area contributed by atoms with Crippen molar-refractivity contribution in [2.75, 3.05) is 0 Å². The van der Waals surface area contributed by atoms with Crippen LogP contribution >= 0.6 is 0 Å². The Bertz CT molecular complexity index is 1910. The van der Waals surface area contributed by atoms with Crippen molar-refractivity contribution in [2.24, 2.45) is 7.05 Å². The molecule has 0 bridgehead atoms. The molecule has 0 radical (unpaired) electrons. The van der Waals surface area contributed by atoms with Crippen LogP contribution < -0.4 is 4.74 Å². The lowest BCUT2D eigenvalue weighted by atomic mass is 10.0. The van der Waals surface area contributed by atoms with Gasteiger partial charge in [-0.25, -0.2) is 9.48 Å². The summed E-state index contributed by atoms with van der Waals surface area (Å²) in [6.45, 7) is 0.460. The number of carboxylic acids is 1. The molecule has 0 unspecified atom stereocenters. The number of aryl methyl sites for hydroxylation is 1. The van der Waals surface area contributed by atoms with Crippen LogP contribution in [0.2, 0.25) is 0 Å². The lowest BCUT2D eigenvalue weighted by Crippen LogP contribution is -2.06. The Kier molecular flexibility index (Phi) is 6.79. The molecule has 212 valence electrons. The maximum absolute atomic E-state index is 12.1. The van der Waals surface area contributed by atoms with Gasteiger partial charge in [0.25, 0.3) is 0 Å². The fourth-order valence-corrected chi connectivity index (χ4v) is 5.62. The number of benzene rings is 4. The van der Waals surface area contributed by atoms with Crippen LogP contribution in [0.1, 0.15) is 45.6 Å². The van der Waals surface area contributed by atoms with Crippen LogP contribution in [0.25, 0.3) is 27.9 Å². The van der Waals surface area contributed by atoms with Gasteiger partial charge in [0.1, 0.15) is 17.9 Å². The van der Waals surface area contributed by atoms with Crippen molar-refractivity contribution in [3.8, 4) is 33.7 Å². The number of aromatic carboxylic acids is 1. The van der Waals surface area contributed by atoms with Crippen molar-refractivity contribution in [2.45, 2.75) is 24.9 Å². The van der Waals surface area contributed by atoms with Crippen LogP contribution in [-0.4, -0.2) is 35.9 Å². The van der Waals surface area contributed by atoms with Gasteiger partial charge in [-0.2, -0.15) is 5.10 Å². The summed E-state index contributed by atoms with van der Waals surface area (Å²) in [5.41, 5.74) is 8.01. The van der Waals surface area contributed by atoms with Gasteiger partial charge >= 0.3 is 5.97 Å². The minimum Gasteiger partial charge on any atom is -0.489 e. The molecule has 0 amide bonds. The number of hydrogen-bond acceptors (Lipinski definition) is 5. The molecule has 6 aromatic rings. The fourth-order valence-electron chi connectivity index (χ4n) is 5.62. The molecule has 4 aromatic carbocycles. The smallest absolute Gasteiger partial charge is 0.339 e. The third-order valence-electron chi connectivity index (χ3n) is 7.90. The van der Waals surface area contributed by atoms with Gasteiger partial charge in [-0.3, -0.25) is 4.68 Å². The third kappa shape index (κ3) is 5.42. The Hall–Kier alpha value is -5.50. The van der Waals surface area contributed by atoms with E-state index in [-0.39, 0.29) is 17.4 Å². The van der Waals surface area contributed by atoms with E-state index in [1.807, 2.05) is 80.0 Å². The van der Waals surface area contributed by atoms with Gasteiger partial charge in [0.2, 0.25) is 0 Å². The molecule has 8 nitrogen and oxygen atoms in total. The van der Waals surface area contributed by atoms with Crippen LogP contribution in [0.4, 0.5) is 0 Å². The van der Waals surface area contributed by atoms with Crippen molar-refractivity contribution in [1.29, 1.82) is 0 Å². The Balaban J connectivity index is 1.11. The Morgan fingerprint density at radius 2 is 1.58 bits per heavy atom. The van der Waals surface area contributed by atoms with Gasteiger partial charge in [0, 0.05) is 25.1 Å². The van der Waals surface area contributed by atoms with Crippen molar-refractivity contribution in [3.05, 3.63) is 138 Å². The largest absolute Gasteiger partial charge is 0.489 e. The van der Waals surface area contributed by atoms with Gasteiger partial charge in [0.15, 0.2) is 0 Å². The van der Waals surface area contributed by atoms with Gasteiger partial charge in [0.05, 0.1) is 23.3 Å². The second kappa shape index (κ2) is 11.1. The second-order valence-electron chi connectivity index (χ2n) is 10.9.